The molecular formula is C11H15F3N2OS. The van der Waals surface area contributed by atoms with E-state index in [1.165, 1.54) is 6.07 Å². The van der Waals surface area contributed by atoms with E-state index >= 15 is 0 Å². The minimum atomic E-state index is -4.46. The summed E-state index contributed by atoms with van der Waals surface area (Å²) in [7, 11) is -1.40. The van der Waals surface area contributed by atoms with E-state index in [2.05, 4.69) is 10.3 Å². The van der Waals surface area contributed by atoms with E-state index in [0.29, 0.717) is 5.56 Å². The predicted molar refractivity (Wildman–Crippen MR) is 66.8 cm³/mol. The first-order valence-corrected chi connectivity index (χ1v) is 7.95. The van der Waals surface area contributed by atoms with Gasteiger partial charge in [-0.15, -0.1) is 0 Å². The van der Waals surface area contributed by atoms with Crippen LogP contribution in [-0.2, 0) is 12.7 Å². The number of amides is 1. The number of nitrogens with zero attached hydrogens (tertiary/aromatic N) is 1. The molecule has 18 heavy (non-hydrogen) atoms. The molecule has 0 spiro atoms. The van der Waals surface area contributed by atoms with Gasteiger partial charge in [-0.25, -0.2) is 0 Å². The van der Waals surface area contributed by atoms with Gasteiger partial charge in [-0.1, -0.05) is 0 Å². The fourth-order valence-corrected chi connectivity index (χ4v) is 1.64. The number of pyridine rings is 1. The zero-order chi connectivity index (χ0) is 14.0. The summed E-state index contributed by atoms with van der Waals surface area (Å²) in [6, 6.07) is 2.39. The zero-order valence-corrected chi connectivity index (χ0v) is 11.2. The molecule has 3 nitrogen and oxygen atoms in total. The van der Waals surface area contributed by atoms with Gasteiger partial charge in [-0.3, -0.25) is 9.78 Å². The summed E-state index contributed by atoms with van der Waals surface area (Å²) in [4.78, 5) is 14.9. The number of alkyl halides is 3. The average molecular weight is 280 g/mol. The second-order valence-corrected chi connectivity index (χ2v) is 8.57. The average Bonchev–Trinajstić information content (AvgIpc) is 2.23. The SMILES string of the molecule is CS(C)(C)C(=O)NCc1ccnc(C(F)(F)F)c1. The summed E-state index contributed by atoms with van der Waals surface area (Å²) in [5.41, 5.74) is -0.563. The minimum absolute atomic E-state index is 0.0781. The molecule has 1 aromatic rings. The number of halogens is 3. The quantitative estimate of drug-likeness (QED) is 0.905. The number of nitrogens with one attached hydrogen (secondary N) is 1. The van der Waals surface area contributed by atoms with E-state index in [4.69, 9.17) is 0 Å². The highest BCUT2D eigenvalue weighted by molar-refractivity contribution is 8.43. The minimum Gasteiger partial charge on any atom is -0.344 e. The molecule has 1 amide bonds. The van der Waals surface area contributed by atoms with E-state index in [-0.39, 0.29) is 11.8 Å². The lowest BCUT2D eigenvalue weighted by Crippen LogP contribution is -2.25. The number of hydrogen-bond donors (Lipinski definition) is 1. The van der Waals surface area contributed by atoms with Crippen molar-refractivity contribution in [3.05, 3.63) is 29.6 Å². The summed E-state index contributed by atoms with van der Waals surface area (Å²) in [6.45, 7) is 0.0781. The summed E-state index contributed by atoms with van der Waals surface area (Å²) < 4.78 is 37.2. The molecule has 0 radical (unpaired) electrons. The van der Waals surface area contributed by atoms with Crippen molar-refractivity contribution in [3.8, 4) is 0 Å². The van der Waals surface area contributed by atoms with Gasteiger partial charge in [0.05, 0.1) is 0 Å². The summed E-state index contributed by atoms with van der Waals surface area (Å²) in [6.07, 6.45) is 2.08. The van der Waals surface area contributed by atoms with Crippen molar-refractivity contribution in [2.45, 2.75) is 12.7 Å². The van der Waals surface area contributed by atoms with E-state index in [1.807, 2.05) is 18.8 Å². The third kappa shape index (κ3) is 4.21. The summed E-state index contributed by atoms with van der Waals surface area (Å²) >= 11 is 0. The maximum Gasteiger partial charge on any atom is 0.433 e. The second kappa shape index (κ2) is 5.17. The highest BCUT2D eigenvalue weighted by Crippen LogP contribution is 2.35. The Kier molecular flexibility index (Phi) is 4.26. The molecule has 1 aromatic heterocycles. The van der Waals surface area contributed by atoms with Crippen molar-refractivity contribution in [2.75, 3.05) is 18.8 Å². The number of carbonyl (C=O) groups is 1. The van der Waals surface area contributed by atoms with E-state index in [1.54, 1.807) is 0 Å². The smallest absolute Gasteiger partial charge is 0.344 e. The topological polar surface area (TPSA) is 42.0 Å². The van der Waals surface area contributed by atoms with Gasteiger partial charge in [0, 0.05) is 12.7 Å². The van der Waals surface area contributed by atoms with Crippen LogP contribution in [0.15, 0.2) is 18.3 Å². The molecule has 0 fully saturated rings. The monoisotopic (exact) mass is 280 g/mol. The van der Waals surface area contributed by atoms with Gasteiger partial charge in [0.1, 0.15) is 5.69 Å². The summed E-state index contributed by atoms with van der Waals surface area (Å²) in [5.74, 6) is 0. The molecule has 7 heteroatoms. The first kappa shape index (κ1) is 14.8. The third-order valence-corrected chi connectivity index (χ3v) is 3.36. The van der Waals surface area contributed by atoms with Crippen LogP contribution in [0, 0.1) is 0 Å². The Hall–Kier alpha value is -1.24. The molecule has 1 N–H and O–H groups in total. The van der Waals surface area contributed by atoms with Crippen LogP contribution >= 0.6 is 10.0 Å². The normalized spacial score (nSPS) is 13.2. The maximum absolute atomic E-state index is 12.4. The van der Waals surface area contributed by atoms with Crippen LogP contribution in [0.25, 0.3) is 0 Å². The van der Waals surface area contributed by atoms with Gasteiger partial charge in [0.15, 0.2) is 0 Å². The van der Waals surface area contributed by atoms with Crippen LogP contribution in [0.4, 0.5) is 18.0 Å². The molecule has 0 aliphatic rings. The Bertz CT molecular complexity index is 441. The van der Waals surface area contributed by atoms with Crippen molar-refractivity contribution in [3.63, 3.8) is 0 Å². The first-order valence-electron chi connectivity index (χ1n) is 5.09. The molecule has 0 atom stereocenters. The van der Waals surface area contributed by atoms with Crippen molar-refractivity contribution in [2.24, 2.45) is 0 Å². The second-order valence-electron chi connectivity index (χ2n) is 4.53. The molecule has 1 rings (SSSR count). The van der Waals surface area contributed by atoms with E-state index < -0.39 is 21.9 Å². The number of carbonyl (C=O) groups excluding carboxylic acids is 1. The molecule has 0 unspecified atom stereocenters. The van der Waals surface area contributed by atoms with Crippen LogP contribution in [0.2, 0.25) is 0 Å². The number of aromatic nitrogens is 1. The predicted octanol–water partition coefficient (Wildman–Crippen LogP) is 3.00. The van der Waals surface area contributed by atoms with Crippen molar-refractivity contribution >= 4 is 15.3 Å². The molecule has 102 valence electrons. The van der Waals surface area contributed by atoms with Crippen molar-refractivity contribution < 1.29 is 18.0 Å². The highest BCUT2D eigenvalue weighted by atomic mass is 32.3. The van der Waals surface area contributed by atoms with Gasteiger partial charge in [0.25, 0.3) is 5.24 Å². The van der Waals surface area contributed by atoms with E-state index in [9.17, 15) is 18.0 Å². The lowest BCUT2D eigenvalue weighted by molar-refractivity contribution is -0.141. The lowest BCUT2D eigenvalue weighted by atomic mass is 10.2. The van der Waals surface area contributed by atoms with Crippen LogP contribution in [0.5, 0.6) is 0 Å². The first-order chi connectivity index (χ1) is 8.10. The number of rotatable bonds is 2. The van der Waals surface area contributed by atoms with Crippen LogP contribution in [0.1, 0.15) is 11.3 Å². The van der Waals surface area contributed by atoms with Crippen LogP contribution in [-0.4, -0.2) is 29.0 Å². The maximum atomic E-state index is 12.4. The van der Waals surface area contributed by atoms with Gasteiger partial charge in [-0.2, -0.15) is 23.2 Å². The van der Waals surface area contributed by atoms with Gasteiger partial charge in [0.2, 0.25) is 0 Å². The standard InChI is InChI=1S/C11H15F3N2OS/c1-18(2,3)10(17)16-7-8-4-5-15-9(6-8)11(12,13)14/h4-6H,7H2,1-3H3,(H,16,17). The molecular weight excluding hydrogens is 265 g/mol. The Morgan fingerprint density at radius 1 is 1.39 bits per heavy atom. The Labute approximate surface area is 105 Å². The molecule has 0 aliphatic heterocycles. The molecule has 1 heterocycles. The zero-order valence-electron chi connectivity index (χ0n) is 10.3. The van der Waals surface area contributed by atoms with Crippen LogP contribution < -0.4 is 5.32 Å². The summed E-state index contributed by atoms with van der Waals surface area (Å²) in [5, 5.41) is 2.49. The van der Waals surface area contributed by atoms with Gasteiger partial charge in [-0.05, 0) is 36.5 Å². The Balaban J connectivity index is 2.73. The van der Waals surface area contributed by atoms with E-state index in [0.717, 1.165) is 12.3 Å². The molecule has 0 aliphatic carbocycles. The molecule has 0 bridgehead atoms. The van der Waals surface area contributed by atoms with Crippen molar-refractivity contribution in [1.82, 2.24) is 10.3 Å². The molecule has 0 aromatic carbocycles. The van der Waals surface area contributed by atoms with Gasteiger partial charge >= 0.3 is 6.18 Å². The molecule has 0 saturated carbocycles. The fourth-order valence-electron chi connectivity index (χ4n) is 1.13. The highest BCUT2D eigenvalue weighted by Gasteiger charge is 2.32. The largest absolute Gasteiger partial charge is 0.433 e. The van der Waals surface area contributed by atoms with Gasteiger partial charge < -0.3 is 5.32 Å². The Morgan fingerprint density at radius 2 is 2.00 bits per heavy atom. The number of hydrogen-bond acceptors (Lipinski definition) is 2. The Morgan fingerprint density at radius 3 is 2.50 bits per heavy atom. The third-order valence-electron chi connectivity index (χ3n) is 2.11. The molecule has 0 saturated heterocycles. The van der Waals surface area contributed by atoms with Crippen LogP contribution in [0.3, 0.4) is 0 Å². The fraction of sp³-hybridized carbons (Fsp3) is 0.455. The van der Waals surface area contributed by atoms with Crippen molar-refractivity contribution in [1.29, 1.82) is 0 Å². The lowest BCUT2D eigenvalue weighted by Gasteiger charge is -2.23.